The Morgan fingerprint density at radius 3 is 2.83 bits per heavy atom. The molecule has 0 radical (unpaired) electrons. The molecule has 1 fully saturated rings. The summed E-state index contributed by atoms with van der Waals surface area (Å²) in [6.45, 7) is 1.37. The molecule has 154 valence electrons. The summed E-state index contributed by atoms with van der Waals surface area (Å²) in [4.78, 5) is 15.4. The van der Waals surface area contributed by atoms with Crippen LogP contribution in [0.15, 0.2) is 54.6 Å². The zero-order valence-electron chi connectivity index (χ0n) is 17.3. The van der Waals surface area contributed by atoms with Gasteiger partial charge < -0.3 is 14.2 Å². The number of methoxy groups -OCH3 is 1. The molecule has 2 aliphatic heterocycles. The number of carbonyl (C=O) groups is 1. The van der Waals surface area contributed by atoms with Crippen LogP contribution in [0.2, 0.25) is 0 Å². The second-order valence-corrected chi connectivity index (χ2v) is 8.85. The first-order chi connectivity index (χ1) is 14.6. The van der Waals surface area contributed by atoms with Gasteiger partial charge >= 0.3 is 0 Å². The normalized spacial score (nSPS) is 33.2. The molecule has 2 aliphatic carbocycles. The highest BCUT2D eigenvalue weighted by Crippen LogP contribution is 2.64. The fourth-order valence-corrected chi connectivity index (χ4v) is 6.32. The molecule has 2 heterocycles. The van der Waals surface area contributed by atoms with Gasteiger partial charge in [0.25, 0.3) is 0 Å². The Hall–Kier alpha value is -2.63. The monoisotopic (exact) mass is 403 g/mol. The molecule has 0 N–H and O–H groups in total. The molecule has 2 aromatic rings. The Kier molecular flexibility index (Phi) is 3.75. The number of carbonyl (C=O) groups excluding carboxylic acids is 1. The fraction of sp³-hybridized carbons (Fsp3) is 0.400. The fourth-order valence-electron chi connectivity index (χ4n) is 6.32. The van der Waals surface area contributed by atoms with E-state index in [-0.39, 0.29) is 11.8 Å². The van der Waals surface area contributed by atoms with Crippen LogP contribution in [-0.4, -0.2) is 49.1 Å². The highest BCUT2D eigenvalue weighted by Gasteiger charge is 2.72. The highest BCUT2D eigenvalue weighted by atomic mass is 16.5. The number of hydrogen-bond acceptors (Lipinski definition) is 5. The predicted octanol–water partition coefficient (Wildman–Crippen LogP) is 3.05. The molecule has 5 heteroatoms. The van der Waals surface area contributed by atoms with Crippen LogP contribution in [0.1, 0.15) is 23.1 Å². The van der Waals surface area contributed by atoms with Gasteiger partial charge in [-0.3, -0.25) is 9.69 Å². The third kappa shape index (κ3) is 2.07. The maximum Gasteiger partial charge on any atom is 0.196 e. The molecular weight excluding hydrogens is 378 g/mol. The lowest BCUT2D eigenvalue weighted by molar-refractivity contribution is -0.162. The molecule has 0 aromatic heterocycles. The van der Waals surface area contributed by atoms with E-state index in [9.17, 15) is 4.79 Å². The van der Waals surface area contributed by atoms with Crippen LogP contribution >= 0.6 is 0 Å². The van der Waals surface area contributed by atoms with Crippen LogP contribution in [0, 0.1) is 0 Å². The number of ether oxygens (including phenoxy) is 3. The first kappa shape index (κ1) is 18.2. The molecule has 4 aliphatic rings. The van der Waals surface area contributed by atoms with Gasteiger partial charge in [-0.1, -0.05) is 36.4 Å². The predicted molar refractivity (Wildman–Crippen MR) is 112 cm³/mol. The zero-order chi connectivity index (χ0) is 20.5. The van der Waals surface area contributed by atoms with Crippen molar-refractivity contribution >= 4 is 5.78 Å². The minimum atomic E-state index is -0.575. The maximum atomic E-state index is 13.0. The van der Waals surface area contributed by atoms with Gasteiger partial charge in [-0.2, -0.15) is 0 Å². The van der Waals surface area contributed by atoms with Crippen molar-refractivity contribution in [2.24, 2.45) is 0 Å². The number of rotatable bonds is 4. The summed E-state index contributed by atoms with van der Waals surface area (Å²) in [5.41, 5.74) is 2.39. The Morgan fingerprint density at radius 2 is 2.03 bits per heavy atom. The van der Waals surface area contributed by atoms with Crippen LogP contribution in [0.3, 0.4) is 0 Å². The molecule has 0 saturated carbocycles. The SMILES string of the molecule is COC12C=CC(=O)C3Oc4c(OCc5ccccc5)ccc5c4C31CCN(C)C2C5. The minimum Gasteiger partial charge on any atom is -0.485 e. The van der Waals surface area contributed by atoms with Crippen LogP contribution in [0.4, 0.5) is 0 Å². The van der Waals surface area contributed by atoms with E-state index in [1.54, 1.807) is 13.2 Å². The van der Waals surface area contributed by atoms with E-state index >= 15 is 0 Å². The average molecular weight is 403 g/mol. The first-order valence-electron chi connectivity index (χ1n) is 10.6. The number of likely N-dealkylation sites (N-methyl/N-ethyl adjacent to an activating group) is 1. The Morgan fingerprint density at radius 1 is 1.20 bits per heavy atom. The summed E-state index contributed by atoms with van der Waals surface area (Å²) in [6, 6.07) is 14.4. The number of likely N-dealkylation sites (tertiary alicyclic amines) is 1. The average Bonchev–Trinajstić information content (AvgIpc) is 3.13. The van der Waals surface area contributed by atoms with Gasteiger partial charge in [0.2, 0.25) is 0 Å². The minimum absolute atomic E-state index is 0.0176. The van der Waals surface area contributed by atoms with E-state index in [0.717, 1.165) is 36.3 Å². The summed E-state index contributed by atoms with van der Waals surface area (Å²) in [5.74, 6) is 1.45. The number of ketones is 1. The van der Waals surface area contributed by atoms with Gasteiger partial charge in [-0.25, -0.2) is 0 Å². The van der Waals surface area contributed by atoms with Gasteiger partial charge in [-0.15, -0.1) is 0 Å². The molecular formula is C25H25NO4. The lowest BCUT2D eigenvalue weighted by Crippen LogP contribution is -2.75. The molecule has 4 unspecified atom stereocenters. The Bertz CT molecular complexity index is 1060. The van der Waals surface area contributed by atoms with E-state index in [1.807, 2.05) is 42.5 Å². The first-order valence-corrected chi connectivity index (χ1v) is 10.6. The van der Waals surface area contributed by atoms with Crippen molar-refractivity contribution in [3.63, 3.8) is 0 Å². The Balaban J connectivity index is 1.51. The van der Waals surface area contributed by atoms with Gasteiger partial charge in [0, 0.05) is 18.7 Å². The smallest absolute Gasteiger partial charge is 0.196 e. The third-order valence-electron chi connectivity index (χ3n) is 7.66. The van der Waals surface area contributed by atoms with Crippen molar-refractivity contribution in [3.8, 4) is 11.5 Å². The summed E-state index contributed by atoms with van der Waals surface area (Å²) in [5, 5.41) is 0. The molecule has 1 spiro atoms. The summed E-state index contributed by atoms with van der Waals surface area (Å²) in [7, 11) is 3.92. The molecule has 4 atom stereocenters. The van der Waals surface area contributed by atoms with Gasteiger partial charge in [-0.05, 0) is 55.8 Å². The van der Waals surface area contributed by atoms with Crippen molar-refractivity contribution in [1.29, 1.82) is 0 Å². The molecule has 2 bridgehead atoms. The van der Waals surface area contributed by atoms with Crippen molar-refractivity contribution in [2.75, 3.05) is 20.7 Å². The van der Waals surface area contributed by atoms with Gasteiger partial charge in [0.15, 0.2) is 23.4 Å². The molecule has 6 rings (SSSR count). The number of nitrogens with zero attached hydrogens (tertiary/aromatic N) is 1. The second-order valence-electron chi connectivity index (χ2n) is 8.85. The number of piperidine rings is 1. The van der Waals surface area contributed by atoms with Crippen LogP contribution in [0.25, 0.3) is 0 Å². The largest absolute Gasteiger partial charge is 0.485 e. The van der Waals surface area contributed by atoms with Crippen molar-refractivity contribution < 1.29 is 19.0 Å². The third-order valence-corrected chi connectivity index (χ3v) is 7.66. The van der Waals surface area contributed by atoms with Crippen molar-refractivity contribution in [3.05, 3.63) is 71.3 Å². The Labute approximate surface area is 176 Å². The van der Waals surface area contributed by atoms with E-state index in [0.29, 0.717) is 12.4 Å². The molecule has 1 saturated heterocycles. The second kappa shape index (κ2) is 6.19. The van der Waals surface area contributed by atoms with E-state index < -0.39 is 17.1 Å². The van der Waals surface area contributed by atoms with Crippen LogP contribution < -0.4 is 9.47 Å². The van der Waals surface area contributed by atoms with Crippen LogP contribution in [0.5, 0.6) is 11.5 Å². The van der Waals surface area contributed by atoms with E-state index in [1.165, 1.54) is 5.56 Å². The maximum absolute atomic E-state index is 13.0. The van der Waals surface area contributed by atoms with Crippen molar-refractivity contribution in [2.45, 2.75) is 42.6 Å². The van der Waals surface area contributed by atoms with E-state index in [4.69, 9.17) is 14.2 Å². The topological polar surface area (TPSA) is 48.0 Å². The van der Waals surface area contributed by atoms with Crippen LogP contribution in [-0.2, 0) is 28.0 Å². The highest BCUT2D eigenvalue weighted by molar-refractivity contribution is 5.99. The van der Waals surface area contributed by atoms with Gasteiger partial charge in [0.05, 0.1) is 5.41 Å². The summed E-state index contributed by atoms with van der Waals surface area (Å²) < 4.78 is 18.9. The summed E-state index contributed by atoms with van der Waals surface area (Å²) in [6.07, 6.45) is 4.79. The summed E-state index contributed by atoms with van der Waals surface area (Å²) >= 11 is 0. The molecule has 5 nitrogen and oxygen atoms in total. The zero-order valence-corrected chi connectivity index (χ0v) is 17.3. The molecule has 2 aromatic carbocycles. The van der Waals surface area contributed by atoms with E-state index in [2.05, 4.69) is 18.0 Å². The standard InChI is InChI=1S/C25H25NO4/c1-26-13-12-24-21-17-8-9-19(29-15-16-6-4-3-5-7-16)22(21)30-23(24)18(27)10-11-25(24,28-2)20(26)14-17/h3-11,20,23H,12-15H2,1-2H3. The lowest BCUT2D eigenvalue weighted by Gasteiger charge is -2.61. The molecule has 0 amide bonds. The number of hydrogen-bond donors (Lipinski definition) is 0. The van der Waals surface area contributed by atoms with Gasteiger partial charge in [0.1, 0.15) is 12.2 Å². The lowest BCUT2D eigenvalue weighted by atomic mass is 9.50. The quantitative estimate of drug-likeness (QED) is 0.785. The van der Waals surface area contributed by atoms with Crippen molar-refractivity contribution in [1.82, 2.24) is 4.90 Å². The number of benzene rings is 2. The molecule has 30 heavy (non-hydrogen) atoms.